The maximum Gasteiger partial charge on any atom is 0.243 e. The van der Waals surface area contributed by atoms with Crippen molar-refractivity contribution in [3.8, 4) is 5.95 Å². The standard InChI is InChI=1S/C10H11N9S/c11-18-9-15-8(13-3-7-4-20-6-14-7)16-10(17-9)19-2-1-12-5-19/h1-2,4-6H,3,11H2,(H2,13,15,16,17,18). The van der Waals surface area contributed by atoms with E-state index in [0.29, 0.717) is 18.4 Å². The number of imidazole rings is 1. The zero-order chi connectivity index (χ0) is 13.8. The molecule has 0 amide bonds. The lowest BCUT2D eigenvalue weighted by Gasteiger charge is -2.07. The highest BCUT2D eigenvalue weighted by molar-refractivity contribution is 7.07. The van der Waals surface area contributed by atoms with Crippen LogP contribution in [0.1, 0.15) is 5.69 Å². The van der Waals surface area contributed by atoms with Crippen molar-refractivity contribution in [1.29, 1.82) is 0 Å². The van der Waals surface area contributed by atoms with Gasteiger partial charge in [0.05, 0.1) is 17.7 Å². The number of rotatable bonds is 5. The highest BCUT2D eigenvalue weighted by Gasteiger charge is 2.07. The highest BCUT2D eigenvalue weighted by atomic mass is 32.1. The summed E-state index contributed by atoms with van der Waals surface area (Å²) in [6.07, 6.45) is 4.97. The van der Waals surface area contributed by atoms with E-state index in [2.05, 4.69) is 35.7 Å². The van der Waals surface area contributed by atoms with Crippen LogP contribution >= 0.6 is 11.3 Å². The second-order valence-corrected chi connectivity index (χ2v) is 4.45. The SMILES string of the molecule is NNc1nc(NCc2cscn2)nc(-n2ccnc2)n1. The van der Waals surface area contributed by atoms with Gasteiger partial charge < -0.3 is 5.32 Å². The van der Waals surface area contributed by atoms with Crippen molar-refractivity contribution in [2.75, 3.05) is 10.7 Å². The van der Waals surface area contributed by atoms with Gasteiger partial charge in [0.25, 0.3) is 0 Å². The smallest absolute Gasteiger partial charge is 0.243 e. The number of nitrogen functional groups attached to an aromatic ring is 1. The topological polar surface area (TPSA) is 119 Å². The summed E-state index contributed by atoms with van der Waals surface area (Å²) < 4.78 is 1.66. The summed E-state index contributed by atoms with van der Waals surface area (Å²) in [5.74, 6) is 6.46. The number of aromatic nitrogens is 6. The second-order valence-electron chi connectivity index (χ2n) is 3.73. The number of hydrogen-bond acceptors (Lipinski definition) is 9. The van der Waals surface area contributed by atoms with E-state index in [9.17, 15) is 0 Å². The first kappa shape index (κ1) is 12.4. The Labute approximate surface area is 117 Å². The summed E-state index contributed by atoms with van der Waals surface area (Å²) in [4.78, 5) is 20.7. The summed E-state index contributed by atoms with van der Waals surface area (Å²) in [5, 5.41) is 5.03. The Balaban J connectivity index is 1.84. The molecule has 0 aliphatic carbocycles. The molecule has 4 N–H and O–H groups in total. The van der Waals surface area contributed by atoms with Crippen LogP contribution in [0.25, 0.3) is 5.95 Å². The number of hydrazine groups is 1. The first-order valence-corrected chi connectivity index (χ1v) is 6.61. The molecule has 3 heterocycles. The van der Waals surface area contributed by atoms with Crippen molar-refractivity contribution in [2.45, 2.75) is 6.54 Å². The van der Waals surface area contributed by atoms with Crippen molar-refractivity contribution in [1.82, 2.24) is 29.5 Å². The average molecular weight is 289 g/mol. The van der Waals surface area contributed by atoms with E-state index in [0.717, 1.165) is 5.69 Å². The fourth-order valence-electron chi connectivity index (χ4n) is 1.50. The van der Waals surface area contributed by atoms with Crippen molar-refractivity contribution in [2.24, 2.45) is 5.84 Å². The summed E-state index contributed by atoms with van der Waals surface area (Å²) >= 11 is 1.53. The van der Waals surface area contributed by atoms with Gasteiger partial charge in [-0.1, -0.05) is 0 Å². The van der Waals surface area contributed by atoms with Gasteiger partial charge in [0, 0.05) is 17.8 Å². The van der Waals surface area contributed by atoms with E-state index in [4.69, 9.17) is 5.84 Å². The molecule has 9 nitrogen and oxygen atoms in total. The monoisotopic (exact) mass is 289 g/mol. The molecule has 0 aliphatic rings. The predicted molar refractivity (Wildman–Crippen MR) is 74.2 cm³/mol. The number of nitrogens with zero attached hydrogens (tertiary/aromatic N) is 6. The summed E-state index contributed by atoms with van der Waals surface area (Å²) in [5.41, 5.74) is 5.10. The summed E-state index contributed by atoms with van der Waals surface area (Å²) in [6, 6.07) is 0. The van der Waals surface area contributed by atoms with Crippen molar-refractivity contribution in [3.63, 3.8) is 0 Å². The Bertz CT molecular complexity index is 664. The molecule has 0 spiro atoms. The molecule has 102 valence electrons. The maximum atomic E-state index is 5.37. The molecule has 0 radical (unpaired) electrons. The molecule has 0 fully saturated rings. The van der Waals surface area contributed by atoms with Crippen LogP contribution in [0.4, 0.5) is 11.9 Å². The van der Waals surface area contributed by atoms with E-state index < -0.39 is 0 Å². The van der Waals surface area contributed by atoms with Gasteiger partial charge in [-0.05, 0) is 0 Å². The number of thiazole rings is 1. The first-order valence-electron chi connectivity index (χ1n) is 5.67. The fraction of sp³-hybridized carbons (Fsp3) is 0.100. The third-order valence-electron chi connectivity index (χ3n) is 2.40. The van der Waals surface area contributed by atoms with Crippen LogP contribution in [-0.4, -0.2) is 29.5 Å². The molecule has 10 heteroatoms. The van der Waals surface area contributed by atoms with E-state index in [-0.39, 0.29) is 5.95 Å². The highest BCUT2D eigenvalue weighted by Crippen LogP contribution is 2.10. The normalized spacial score (nSPS) is 10.4. The summed E-state index contributed by atoms with van der Waals surface area (Å²) in [7, 11) is 0. The van der Waals surface area contributed by atoms with Crippen LogP contribution < -0.4 is 16.6 Å². The average Bonchev–Trinajstić information content (AvgIpc) is 3.17. The Hall–Kier alpha value is -2.59. The minimum Gasteiger partial charge on any atom is -0.348 e. The predicted octanol–water partition coefficient (Wildman–Crippen LogP) is 0.411. The lowest BCUT2D eigenvalue weighted by molar-refractivity contribution is 0.885. The Morgan fingerprint density at radius 2 is 2.15 bits per heavy atom. The molecule has 0 unspecified atom stereocenters. The van der Waals surface area contributed by atoms with Crippen molar-refractivity contribution in [3.05, 3.63) is 35.3 Å². The van der Waals surface area contributed by atoms with Gasteiger partial charge in [0.15, 0.2) is 0 Å². The molecule has 0 atom stereocenters. The molecule has 3 aromatic rings. The maximum absolute atomic E-state index is 5.37. The Morgan fingerprint density at radius 3 is 2.85 bits per heavy atom. The molecule has 3 rings (SSSR count). The van der Waals surface area contributed by atoms with Gasteiger partial charge in [-0.15, -0.1) is 11.3 Å². The van der Waals surface area contributed by atoms with Crippen LogP contribution in [0, 0.1) is 0 Å². The van der Waals surface area contributed by atoms with Gasteiger partial charge >= 0.3 is 0 Å². The van der Waals surface area contributed by atoms with Crippen LogP contribution in [0.15, 0.2) is 29.6 Å². The zero-order valence-corrected chi connectivity index (χ0v) is 11.1. The molecule has 0 saturated heterocycles. The zero-order valence-electron chi connectivity index (χ0n) is 10.3. The van der Waals surface area contributed by atoms with Crippen molar-refractivity contribution >= 4 is 23.2 Å². The first-order chi connectivity index (χ1) is 9.85. The number of hydrogen-bond donors (Lipinski definition) is 3. The van der Waals surface area contributed by atoms with Crippen molar-refractivity contribution < 1.29 is 0 Å². The van der Waals surface area contributed by atoms with Gasteiger partial charge in [-0.2, -0.15) is 15.0 Å². The second kappa shape index (κ2) is 5.59. The largest absolute Gasteiger partial charge is 0.348 e. The van der Waals surface area contributed by atoms with E-state index >= 15 is 0 Å². The van der Waals surface area contributed by atoms with Gasteiger partial charge in [0.1, 0.15) is 6.33 Å². The summed E-state index contributed by atoms with van der Waals surface area (Å²) in [6.45, 7) is 0.529. The minimum atomic E-state index is 0.268. The van der Waals surface area contributed by atoms with Gasteiger partial charge in [0.2, 0.25) is 17.8 Å². The van der Waals surface area contributed by atoms with E-state index in [1.165, 1.54) is 11.3 Å². The minimum absolute atomic E-state index is 0.268. The van der Waals surface area contributed by atoms with Gasteiger partial charge in [-0.3, -0.25) is 9.99 Å². The van der Waals surface area contributed by atoms with Crippen LogP contribution in [0.3, 0.4) is 0 Å². The molecular formula is C10H11N9S. The quantitative estimate of drug-likeness (QED) is 0.456. The van der Waals surface area contributed by atoms with E-state index in [1.54, 1.807) is 28.8 Å². The molecular weight excluding hydrogens is 278 g/mol. The Kier molecular flexibility index (Phi) is 3.48. The molecule has 0 aliphatic heterocycles. The lowest BCUT2D eigenvalue weighted by atomic mass is 10.5. The molecule has 3 aromatic heterocycles. The lowest BCUT2D eigenvalue weighted by Crippen LogP contribution is -2.15. The number of nitrogens with two attached hydrogens (primary N) is 1. The van der Waals surface area contributed by atoms with Crippen LogP contribution in [-0.2, 0) is 6.54 Å². The third-order valence-corrected chi connectivity index (χ3v) is 3.03. The van der Waals surface area contributed by atoms with Gasteiger partial charge in [-0.25, -0.2) is 15.8 Å². The Morgan fingerprint density at radius 1 is 1.25 bits per heavy atom. The number of anilines is 2. The number of nitrogens with one attached hydrogen (secondary N) is 2. The molecule has 20 heavy (non-hydrogen) atoms. The molecule has 0 bridgehead atoms. The van der Waals surface area contributed by atoms with Crippen LogP contribution in [0.5, 0.6) is 0 Å². The third kappa shape index (κ3) is 2.70. The van der Waals surface area contributed by atoms with Crippen LogP contribution in [0.2, 0.25) is 0 Å². The fourth-order valence-corrected chi connectivity index (χ4v) is 2.05. The molecule has 0 aromatic carbocycles. The van der Waals surface area contributed by atoms with E-state index in [1.807, 2.05) is 5.38 Å². The molecule has 0 saturated carbocycles.